The lowest BCUT2D eigenvalue weighted by Crippen LogP contribution is -2.13. The minimum Gasteiger partial charge on any atom is -0.505 e. The van der Waals surface area contributed by atoms with Crippen molar-refractivity contribution in [1.82, 2.24) is 4.98 Å². The summed E-state index contributed by atoms with van der Waals surface area (Å²) >= 11 is 0. The van der Waals surface area contributed by atoms with Gasteiger partial charge in [-0.2, -0.15) is 0 Å². The number of rotatable bonds is 3. The Hall–Kier alpha value is -2.63. The number of amides is 1. The maximum atomic E-state index is 13.4. The first-order valence-corrected chi connectivity index (χ1v) is 5.40. The zero-order valence-electron chi connectivity index (χ0n) is 10.1. The van der Waals surface area contributed by atoms with Crippen LogP contribution < -0.4 is 10.1 Å². The maximum absolute atomic E-state index is 13.4. The van der Waals surface area contributed by atoms with Gasteiger partial charge in [-0.1, -0.05) is 0 Å². The average Bonchev–Trinajstić information content (AvgIpc) is 2.39. The minimum atomic E-state index is -0.623. The zero-order valence-corrected chi connectivity index (χ0v) is 10.1. The van der Waals surface area contributed by atoms with Crippen LogP contribution in [0.4, 0.5) is 10.1 Å². The first-order chi connectivity index (χ1) is 9.11. The van der Waals surface area contributed by atoms with Crippen molar-refractivity contribution in [2.45, 2.75) is 0 Å². The van der Waals surface area contributed by atoms with Gasteiger partial charge in [0.1, 0.15) is 5.75 Å². The fourth-order valence-electron chi connectivity index (χ4n) is 1.51. The number of carbonyl (C=O) groups excluding carboxylic acids is 1. The van der Waals surface area contributed by atoms with Gasteiger partial charge in [0.2, 0.25) is 0 Å². The van der Waals surface area contributed by atoms with Crippen LogP contribution in [0.15, 0.2) is 36.5 Å². The molecule has 2 rings (SSSR count). The van der Waals surface area contributed by atoms with Crippen molar-refractivity contribution in [3.63, 3.8) is 0 Å². The Labute approximate surface area is 108 Å². The first kappa shape index (κ1) is 12.8. The van der Waals surface area contributed by atoms with Gasteiger partial charge in [0, 0.05) is 18.0 Å². The summed E-state index contributed by atoms with van der Waals surface area (Å²) in [5.74, 6) is -1.37. The molecule has 0 aliphatic rings. The molecule has 2 N–H and O–H groups in total. The summed E-state index contributed by atoms with van der Waals surface area (Å²) in [5, 5.41) is 11.9. The number of aromatic hydroxyl groups is 1. The highest BCUT2D eigenvalue weighted by Crippen LogP contribution is 2.21. The van der Waals surface area contributed by atoms with Crippen molar-refractivity contribution in [3.05, 3.63) is 48.0 Å². The number of carbonyl (C=O) groups is 1. The molecule has 0 spiro atoms. The quantitative estimate of drug-likeness (QED) is 0.889. The second kappa shape index (κ2) is 5.34. The lowest BCUT2D eigenvalue weighted by atomic mass is 10.2. The number of nitrogens with one attached hydrogen (secondary N) is 1. The Kier molecular flexibility index (Phi) is 3.61. The molecule has 0 aliphatic carbocycles. The number of hydrogen-bond acceptors (Lipinski definition) is 4. The van der Waals surface area contributed by atoms with Gasteiger partial charge in [-0.05, 0) is 24.3 Å². The van der Waals surface area contributed by atoms with Gasteiger partial charge >= 0.3 is 0 Å². The monoisotopic (exact) mass is 262 g/mol. The highest BCUT2D eigenvalue weighted by Gasteiger charge is 2.13. The van der Waals surface area contributed by atoms with Crippen LogP contribution in [0.25, 0.3) is 0 Å². The van der Waals surface area contributed by atoms with Crippen molar-refractivity contribution in [3.8, 4) is 11.5 Å². The van der Waals surface area contributed by atoms with E-state index in [2.05, 4.69) is 10.3 Å². The van der Waals surface area contributed by atoms with Crippen molar-refractivity contribution >= 4 is 11.6 Å². The summed E-state index contributed by atoms with van der Waals surface area (Å²) in [4.78, 5) is 15.6. The second-order valence-corrected chi connectivity index (χ2v) is 3.67. The molecular weight excluding hydrogens is 251 g/mol. The predicted octanol–water partition coefficient (Wildman–Crippen LogP) is 2.19. The first-order valence-electron chi connectivity index (χ1n) is 5.40. The number of benzene rings is 1. The van der Waals surface area contributed by atoms with E-state index >= 15 is 0 Å². The summed E-state index contributed by atoms with van der Waals surface area (Å²) in [5.41, 5.74) is 0.118. The minimum absolute atomic E-state index is 0.0821. The van der Waals surface area contributed by atoms with Crippen molar-refractivity contribution in [2.75, 3.05) is 12.4 Å². The molecule has 0 saturated heterocycles. The fraction of sp³-hybridized carbons (Fsp3) is 0.0769. The predicted molar refractivity (Wildman–Crippen MR) is 66.8 cm³/mol. The summed E-state index contributed by atoms with van der Waals surface area (Å²) < 4.78 is 18.2. The SMILES string of the molecule is COc1ccc(NC(=O)c2ncccc2O)cc1F. The van der Waals surface area contributed by atoms with Crippen LogP contribution in [0.2, 0.25) is 0 Å². The number of hydrogen-bond donors (Lipinski definition) is 2. The molecule has 0 bridgehead atoms. The van der Waals surface area contributed by atoms with E-state index in [9.17, 15) is 14.3 Å². The Morgan fingerprint density at radius 2 is 2.21 bits per heavy atom. The van der Waals surface area contributed by atoms with Gasteiger partial charge in [0.15, 0.2) is 17.3 Å². The Morgan fingerprint density at radius 1 is 1.42 bits per heavy atom. The van der Waals surface area contributed by atoms with E-state index in [0.717, 1.165) is 6.07 Å². The van der Waals surface area contributed by atoms with E-state index in [4.69, 9.17) is 4.74 Å². The van der Waals surface area contributed by atoms with Crippen LogP contribution in [-0.4, -0.2) is 23.1 Å². The van der Waals surface area contributed by atoms with Crippen LogP contribution >= 0.6 is 0 Å². The molecule has 0 atom stereocenters. The fourth-order valence-corrected chi connectivity index (χ4v) is 1.51. The number of ether oxygens (including phenoxy) is 1. The summed E-state index contributed by atoms with van der Waals surface area (Å²) in [6, 6.07) is 6.84. The largest absolute Gasteiger partial charge is 0.505 e. The topological polar surface area (TPSA) is 71.5 Å². The molecule has 6 heteroatoms. The Morgan fingerprint density at radius 3 is 2.84 bits per heavy atom. The van der Waals surface area contributed by atoms with Gasteiger partial charge < -0.3 is 15.2 Å². The van der Waals surface area contributed by atoms with Crippen molar-refractivity contribution < 1.29 is 19.0 Å². The molecule has 5 nitrogen and oxygen atoms in total. The van der Waals surface area contributed by atoms with E-state index < -0.39 is 11.7 Å². The number of methoxy groups -OCH3 is 1. The van der Waals surface area contributed by atoms with Gasteiger partial charge in [0.25, 0.3) is 5.91 Å². The van der Waals surface area contributed by atoms with Gasteiger partial charge in [-0.15, -0.1) is 0 Å². The highest BCUT2D eigenvalue weighted by atomic mass is 19.1. The normalized spacial score (nSPS) is 10.0. The standard InChI is InChI=1S/C13H11FN2O3/c1-19-11-5-4-8(7-9(11)14)16-13(18)12-10(17)3-2-6-15-12/h2-7,17H,1H3,(H,16,18). The number of pyridine rings is 1. The molecule has 0 fully saturated rings. The molecule has 1 heterocycles. The van der Waals surface area contributed by atoms with Gasteiger partial charge in [-0.25, -0.2) is 9.37 Å². The summed E-state index contributed by atoms with van der Waals surface area (Å²) in [6.45, 7) is 0. The molecule has 0 unspecified atom stereocenters. The summed E-state index contributed by atoms with van der Waals surface area (Å²) in [6.07, 6.45) is 1.38. The van der Waals surface area contributed by atoms with Crippen molar-refractivity contribution in [1.29, 1.82) is 0 Å². The molecule has 1 aromatic carbocycles. The molecule has 0 saturated carbocycles. The highest BCUT2D eigenvalue weighted by molar-refractivity contribution is 6.04. The second-order valence-electron chi connectivity index (χ2n) is 3.67. The third-order valence-corrected chi connectivity index (χ3v) is 2.41. The average molecular weight is 262 g/mol. The smallest absolute Gasteiger partial charge is 0.278 e. The molecule has 0 aliphatic heterocycles. The molecule has 2 aromatic rings. The van der Waals surface area contributed by atoms with Gasteiger partial charge in [-0.3, -0.25) is 4.79 Å². The number of anilines is 1. The van der Waals surface area contributed by atoms with E-state index in [0.29, 0.717) is 0 Å². The zero-order chi connectivity index (χ0) is 13.8. The lowest BCUT2D eigenvalue weighted by Gasteiger charge is -2.07. The molecule has 1 amide bonds. The molecule has 19 heavy (non-hydrogen) atoms. The Balaban J connectivity index is 2.20. The van der Waals surface area contributed by atoms with Crippen LogP contribution in [0.3, 0.4) is 0 Å². The van der Waals surface area contributed by atoms with E-state index in [1.54, 1.807) is 0 Å². The van der Waals surface area contributed by atoms with Crippen LogP contribution in [-0.2, 0) is 0 Å². The molecular formula is C13H11FN2O3. The maximum Gasteiger partial charge on any atom is 0.278 e. The van der Waals surface area contributed by atoms with E-state index in [1.807, 2.05) is 0 Å². The lowest BCUT2D eigenvalue weighted by molar-refractivity contribution is 0.101. The number of halogens is 1. The molecule has 0 radical (unpaired) electrons. The Bertz CT molecular complexity index is 617. The van der Waals surface area contributed by atoms with Crippen LogP contribution in [0.1, 0.15) is 10.5 Å². The van der Waals surface area contributed by atoms with E-state index in [1.165, 1.54) is 37.6 Å². The third kappa shape index (κ3) is 2.79. The molecule has 98 valence electrons. The third-order valence-electron chi connectivity index (χ3n) is 2.41. The summed E-state index contributed by atoms with van der Waals surface area (Å²) in [7, 11) is 1.35. The van der Waals surface area contributed by atoms with E-state index in [-0.39, 0.29) is 22.9 Å². The molecule has 1 aromatic heterocycles. The van der Waals surface area contributed by atoms with Crippen LogP contribution in [0, 0.1) is 5.82 Å². The number of aromatic nitrogens is 1. The van der Waals surface area contributed by atoms with Gasteiger partial charge in [0.05, 0.1) is 7.11 Å². The van der Waals surface area contributed by atoms with Crippen molar-refractivity contribution in [2.24, 2.45) is 0 Å². The van der Waals surface area contributed by atoms with Crippen LogP contribution in [0.5, 0.6) is 11.5 Å². The number of nitrogens with zero attached hydrogens (tertiary/aromatic N) is 1.